The second kappa shape index (κ2) is 14.8. The number of nitrogens with zero attached hydrogens (tertiary/aromatic N) is 1. The van der Waals surface area contributed by atoms with Gasteiger partial charge in [-0.3, -0.25) is 0 Å². The van der Waals surface area contributed by atoms with Crippen molar-refractivity contribution in [3.05, 3.63) is 235 Å². The first-order valence-electron chi connectivity index (χ1n) is 22.1. The fourth-order valence-corrected chi connectivity index (χ4v) is 10.3. The number of benzene rings is 9. The zero-order valence-corrected chi connectivity index (χ0v) is 35.4. The van der Waals surface area contributed by atoms with Crippen LogP contribution in [0.5, 0.6) is 0 Å². The summed E-state index contributed by atoms with van der Waals surface area (Å²) in [4.78, 5) is 2.45. The summed E-state index contributed by atoms with van der Waals surface area (Å²) in [5, 5.41) is 4.64. The van der Waals surface area contributed by atoms with Gasteiger partial charge < -0.3 is 9.32 Å². The standard InChI is InChI=1S/C61H45NO/c1-61(2)56-23-13-11-22-51(56)52-33-31-48(39-57(52)61)62(47-29-25-40(26-30-47)45-27-32-49(41-15-5-3-6-16-41)53(35-45)42-17-7-4-8-18-42)58-24-14-12-21-50(58)46-28-34-59-54(37-46)55-36-43-19-9-10-20-44(43)38-60(55)63-59/h3-15,17-39,41H,16H2,1-2H3. The Morgan fingerprint density at radius 2 is 1.14 bits per heavy atom. The van der Waals surface area contributed by atoms with E-state index in [-0.39, 0.29) is 5.41 Å². The molecule has 1 heterocycles. The molecule has 0 aliphatic heterocycles. The van der Waals surface area contributed by atoms with Gasteiger partial charge >= 0.3 is 0 Å². The summed E-state index contributed by atoms with van der Waals surface area (Å²) in [7, 11) is 0. The van der Waals surface area contributed by atoms with Crippen LogP contribution in [0.15, 0.2) is 223 Å². The highest BCUT2D eigenvalue weighted by Gasteiger charge is 2.36. The lowest BCUT2D eigenvalue weighted by Gasteiger charge is -2.30. The molecule has 63 heavy (non-hydrogen) atoms. The first kappa shape index (κ1) is 37.1. The van der Waals surface area contributed by atoms with E-state index in [1.54, 1.807) is 0 Å². The Labute approximate surface area is 368 Å². The maximum atomic E-state index is 6.46. The quantitative estimate of drug-likeness (QED) is 0.159. The van der Waals surface area contributed by atoms with Gasteiger partial charge in [-0.15, -0.1) is 0 Å². The normalized spacial score (nSPS) is 14.9. The van der Waals surface area contributed by atoms with Crippen LogP contribution in [0.4, 0.5) is 17.1 Å². The van der Waals surface area contributed by atoms with Crippen molar-refractivity contribution in [1.82, 2.24) is 0 Å². The van der Waals surface area contributed by atoms with E-state index in [9.17, 15) is 0 Å². The number of hydrogen-bond acceptors (Lipinski definition) is 2. The fraction of sp³-hybridized carbons (Fsp3) is 0.0820. The lowest BCUT2D eigenvalue weighted by atomic mass is 9.82. The topological polar surface area (TPSA) is 16.4 Å². The number of hydrogen-bond donors (Lipinski definition) is 0. The Hall–Kier alpha value is -7.68. The maximum Gasteiger partial charge on any atom is 0.136 e. The maximum absolute atomic E-state index is 6.46. The van der Waals surface area contributed by atoms with Crippen molar-refractivity contribution in [3.8, 4) is 44.5 Å². The molecule has 0 saturated carbocycles. The van der Waals surface area contributed by atoms with E-state index in [0.29, 0.717) is 5.92 Å². The minimum Gasteiger partial charge on any atom is -0.456 e. The number of anilines is 3. The summed E-state index contributed by atoms with van der Waals surface area (Å²) in [5.74, 6) is 0.355. The molecule has 300 valence electrons. The first-order chi connectivity index (χ1) is 31.0. The molecule has 1 aromatic heterocycles. The molecule has 2 aliphatic carbocycles. The van der Waals surface area contributed by atoms with Gasteiger partial charge in [-0.1, -0.05) is 172 Å². The number of rotatable bonds is 7. The molecule has 0 radical (unpaired) electrons. The summed E-state index contributed by atoms with van der Waals surface area (Å²) >= 11 is 0. The molecule has 9 aromatic carbocycles. The summed E-state index contributed by atoms with van der Waals surface area (Å²) in [6.07, 6.45) is 9.95. The highest BCUT2D eigenvalue weighted by molar-refractivity contribution is 6.11. The highest BCUT2D eigenvalue weighted by atomic mass is 16.3. The Morgan fingerprint density at radius 1 is 0.460 bits per heavy atom. The smallest absolute Gasteiger partial charge is 0.136 e. The molecule has 0 amide bonds. The van der Waals surface area contributed by atoms with Crippen molar-refractivity contribution in [3.63, 3.8) is 0 Å². The monoisotopic (exact) mass is 807 g/mol. The molecule has 1 atom stereocenters. The second-order valence-corrected chi connectivity index (χ2v) is 17.6. The van der Waals surface area contributed by atoms with Gasteiger partial charge in [0.1, 0.15) is 11.2 Å². The van der Waals surface area contributed by atoms with Crippen LogP contribution in [0.1, 0.15) is 42.9 Å². The zero-order chi connectivity index (χ0) is 42.1. The first-order valence-corrected chi connectivity index (χ1v) is 22.1. The van der Waals surface area contributed by atoms with Gasteiger partial charge in [0.25, 0.3) is 0 Å². The number of furan rings is 1. The van der Waals surface area contributed by atoms with Crippen LogP contribution in [-0.2, 0) is 5.41 Å². The number of para-hydroxylation sites is 1. The number of allylic oxidation sites excluding steroid dienone is 4. The van der Waals surface area contributed by atoms with Crippen molar-refractivity contribution in [2.24, 2.45) is 0 Å². The highest BCUT2D eigenvalue weighted by Crippen LogP contribution is 2.51. The van der Waals surface area contributed by atoms with Gasteiger partial charge in [0.05, 0.1) is 5.69 Å². The summed E-state index contributed by atoms with van der Waals surface area (Å²) in [6, 6.07) is 71.4. The minimum atomic E-state index is -0.138. The van der Waals surface area contributed by atoms with Gasteiger partial charge in [0.15, 0.2) is 0 Å². The van der Waals surface area contributed by atoms with Crippen LogP contribution >= 0.6 is 0 Å². The molecule has 2 nitrogen and oxygen atoms in total. The summed E-state index contributed by atoms with van der Waals surface area (Å²) in [6.45, 7) is 4.72. The molecular formula is C61H45NO. The summed E-state index contributed by atoms with van der Waals surface area (Å²) in [5.41, 5.74) is 18.9. The van der Waals surface area contributed by atoms with E-state index >= 15 is 0 Å². The van der Waals surface area contributed by atoms with Crippen molar-refractivity contribution in [2.45, 2.75) is 31.6 Å². The van der Waals surface area contributed by atoms with E-state index in [0.717, 1.165) is 56.5 Å². The molecule has 0 saturated heterocycles. The molecule has 12 rings (SSSR count). The zero-order valence-electron chi connectivity index (χ0n) is 35.4. The second-order valence-electron chi connectivity index (χ2n) is 17.6. The van der Waals surface area contributed by atoms with E-state index in [2.05, 4.69) is 237 Å². The third kappa shape index (κ3) is 6.24. The van der Waals surface area contributed by atoms with Gasteiger partial charge in [-0.2, -0.15) is 0 Å². The van der Waals surface area contributed by atoms with Gasteiger partial charge in [0.2, 0.25) is 0 Å². The van der Waals surface area contributed by atoms with E-state index in [4.69, 9.17) is 4.42 Å². The van der Waals surface area contributed by atoms with Crippen LogP contribution in [0.25, 0.3) is 77.2 Å². The number of fused-ring (bicyclic) bond motifs is 7. The molecule has 10 aromatic rings. The molecule has 0 spiro atoms. The minimum absolute atomic E-state index is 0.138. The summed E-state index contributed by atoms with van der Waals surface area (Å²) < 4.78 is 6.46. The molecule has 2 aliphatic rings. The SMILES string of the molecule is CC1(C)c2ccccc2-c2ccc(N(c3ccc(-c4ccc(C5C=CC=CC5)c(-c5ccccc5)c4)cc3)c3ccccc3-c3ccc4oc5cc6ccccc6cc5c4c3)cc21. The van der Waals surface area contributed by atoms with Crippen LogP contribution in [-0.4, -0.2) is 0 Å². The fourth-order valence-electron chi connectivity index (χ4n) is 10.3. The van der Waals surface area contributed by atoms with Crippen molar-refractivity contribution in [1.29, 1.82) is 0 Å². The largest absolute Gasteiger partial charge is 0.456 e. The molecule has 0 N–H and O–H groups in total. The Bertz CT molecular complexity index is 3460. The van der Waals surface area contributed by atoms with Crippen molar-refractivity contribution in [2.75, 3.05) is 4.90 Å². The average Bonchev–Trinajstić information content (AvgIpc) is 3.81. The van der Waals surface area contributed by atoms with Gasteiger partial charge in [-0.05, 0) is 133 Å². The lowest BCUT2D eigenvalue weighted by Crippen LogP contribution is -2.16. The average molecular weight is 808 g/mol. The van der Waals surface area contributed by atoms with Crippen LogP contribution in [0.3, 0.4) is 0 Å². The van der Waals surface area contributed by atoms with Gasteiger partial charge in [0, 0.05) is 39.0 Å². The van der Waals surface area contributed by atoms with Crippen LogP contribution in [0.2, 0.25) is 0 Å². The van der Waals surface area contributed by atoms with Crippen LogP contribution in [0, 0.1) is 0 Å². The predicted octanol–water partition coefficient (Wildman–Crippen LogP) is 17.1. The molecule has 2 heteroatoms. The van der Waals surface area contributed by atoms with Crippen molar-refractivity contribution >= 4 is 49.8 Å². The van der Waals surface area contributed by atoms with E-state index in [1.165, 1.54) is 60.8 Å². The predicted molar refractivity (Wildman–Crippen MR) is 265 cm³/mol. The Balaban J connectivity index is 1.000. The van der Waals surface area contributed by atoms with Gasteiger partial charge in [-0.25, -0.2) is 0 Å². The van der Waals surface area contributed by atoms with E-state index in [1.807, 2.05) is 0 Å². The molecule has 0 fully saturated rings. The van der Waals surface area contributed by atoms with Crippen LogP contribution < -0.4 is 4.90 Å². The van der Waals surface area contributed by atoms with Crippen molar-refractivity contribution < 1.29 is 4.42 Å². The Kier molecular flexibility index (Phi) is 8.69. The molecule has 1 unspecified atom stereocenters. The van der Waals surface area contributed by atoms with E-state index < -0.39 is 0 Å². The third-order valence-corrected chi connectivity index (χ3v) is 13.6. The lowest BCUT2D eigenvalue weighted by molar-refractivity contribution is 0.660. The third-order valence-electron chi connectivity index (χ3n) is 13.6. The Morgan fingerprint density at radius 3 is 1.97 bits per heavy atom. The molecular weight excluding hydrogens is 763 g/mol. The molecule has 0 bridgehead atoms.